The van der Waals surface area contributed by atoms with E-state index in [0.717, 1.165) is 6.42 Å². The largest absolute Gasteiger partial charge is 0.293 e. The molecule has 20 heavy (non-hydrogen) atoms. The van der Waals surface area contributed by atoms with Gasteiger partial charge < -0.3 is 0 Å². The Bertz CT molecular complexity index is 433. The van der Waals surface area contributed by atoms with Gasteiger partial charge in [0.1, 0.15) is 0 Å². The van der Waals surface area contributed by atoms with E-state index in [9.17, 15) is 0 Å². The minimum atomic E-state index is 1.12. The molecule has 0 spiro atoms. The molecule has 0 bridgehead atoms. The molecule has 1 aromatic carbocycles. The lowest BCUT2D eigenvalue weighted by molar-refractivity contribution is 0.653. The number of rotatable bonds is 8. The first-order chi connectivity index (χ1) is 9.61. The molecule has 1 rings (SSSR count). The minimum Gasteiger partial charge on any atom is -0.293 e. The van der Waals surface area contributed by atoms with Crippen molar-refractivity contribution in [3.8, 4) is 0 Å². The van der Waals surface area contributed by atoms with E-state index in [2.05, 4.69) is 56.1 Å². The highest BCUT2D eigenvalue weighted by Crippen LogP contribution is 2.11. The Labute approximate surface area is 124 Å². The molecule has 1 aromatic rings. The summed E-state index contributed by atoms with van der Waals surface area (Å²) in [5.74, 6) is 0. The molecular formula is C19H29N. The summed E-state index contributed by atoms with van der Waals surface area (Å²) < 4.78 is 0. The third-order valence-corrected chi connectivity index (χ3v) is 3.51. The van der Waals surface area contributed by atoms with Gasteiger partial charge in [0.15, 0.2) is 0 Å². The predicted octanol–water partition coefficient (Wildman–Crippen LogP) is 5.53. The van der Waals surface area contributed by atoms with E-state index >= 15 is 0 Å². The summed E-state index contributed by atoms with van der Waals surface area (Å²) in [6.45, 7) is 6.41. The molecule has 0 saturated heterocycles. The molecule has 110 valence electrons. The van der Waals surface area contributed by atoms with Gasteiger partial charge in [0, 0.05) is 12.8 Å². The van der Waals surface area contributed by atoms with E-state index < -0.39 is 0 Å². The predicted molar refractivity (Wildman–Crippen MR) is 90.8 cm³/mol. The van der Waals surface area contributed by atoms with E-state index in [1.165, 1.54) is 54.5 Å². The number of benzene rings is 1. The number of aliphatic imine (C=N–C) groups is 1. The third-order valence-electron chi connectivity index (χ3n) is 3.51. The van der Waals surface area contributed by atoms with Gasteiger partial charge in [-0.05, 0) is 58.1 Å². The first-order valence-electron chi connectivity index (χ1n) is 7.78. The van der Waals surface area contributed by atoms with Gasteiger partial charge in [-0.25, -0.2) is 0 Å². The number of hydrogen-bond acceptors (Lipinski definition) is 1. The zero-order valence-corrected chi connectivity index (χ0v) is 13.6. The van der Waals surface area contributed by atoms with Crippen molar-refractivity contribution in [2.45, 2.75) is 59.3 Å². The zero-order chi connectivity index (χ0) is 14.8. The molecule has 0 fully saturated rings. The van der Waals surface area contributed by atoms with E-state index in [0.29, 0.717) is 0 Å². The lowest BCUT2D eigenvalue weighted by atomic mass is 10.0. The van der Waals surface area contributed by atoms with Crippen LogP contribution in [0.25, 0.3) is 0 Å². The van der Waals surface area contributed by atoms with Gasteiger partial charge in [0.2, 0.25) is 0 Å². The molecule has 1 heteroatoms. The third kappa shape index (κ3) is 7.28. The van der Waals surface area contributed by atoms with E-state index in [4.69, 9.17) is 0 Å². The van der Waals surface area contributed by atoms with Crippen LogP contribution in [-0.2, 0) is 6.42 Å². The number of hydrogen-bond donors (Lipinski definition) is 0. The molecule has 0 amide bonds. The van der Waals surface area contributed by atoms with Crippen molar-refractivity contribution in [1.82, 2.24) is 0 Å². The number of nitrogens with zero attached hydrogens (tertiary/aromatic N) is 1. The van der Waals surface area contributed by atoms with Gasteiger partial charge in [-0.2, -0.15) is 0 Å². The second-order valence-corrected chi connectivity index (χ2v) is 5.84. The molecule has 0 aromatic heterocycles. The Kier molecular flexibility index (Phi) is 7.94. The fourth-order valence-electron chi connectivity index (χ4n) is 2.33. The van der Waals surface area contributed by atoms with Crippen molar-refractivity contribution >= 4 is 5.71 Å². The second-order valence-electron chi connectivity index (χ2n) is 5.84. The standard InChI is InChI=1S/C19H29N/c1-16(2)15-19(20-4)10-8-6-5-7-9-18-13-11-17(3)12-14-18/h11-15H,5-10H2,1-4H3/b20-19-. The normalized spacial score (nSPS) is 11.5. The fraction of sp³-hybridized carbons (Fsp3) is 0.526. The molecule has 0 aliphatic rings. The minimum absolute atomic E-state index is 1.12. The van der Waals surface area contributed by atoms with Gasteiger partial charge >= 0.3 is 0 Å². The van der Waals surface area contributed by atoms with Crippen LogP contribution in [0.1, 0.15) is 57.1 Å². The Morgan fingerprint density at radius 1 is 1.00 bits per heavy atom. The van der Waals surface area contributed by atoms with Crippen LogP contribution in [0.3, 0.4) is 0 Å². The maximum Gasteiger partial charge on any atom is 0.0344 e. The highest BCUT2D eigenvalue weighted by atomic mass is 14.7. The van der Waals surface area contributed by atoms with Crippen LogP contribution in [0.2, 0.25) is 0 Å². The van der Waals surface area contributed by atoms with Crippen molar-refractivity contribution in [3.05, 3.63) is 47.0 Å². The van der Waals surface area contributed by atoms with Gasteiger partial charge in [-0.15, -0.1) is 0 Å². The SMILES string of the molecule is C/N=C(\C=C(C)C)CCCCCCc1ccc(C)cc1. The van der Waals surface area contributed by atoms with Crippen molar-refractivity contribution in [3.63, 3.8) is 0 Å². The first kappa shape index (κ1) is 16.7. The van der Waals surface area contributed by atoms with Gasteiger partial charge in [0.25, 0.3) is 0 Å². The Balaban J connectivity index is 2.13. The monoisotopic (exact) mass is 271 g/mol. The quantitative estimate of drug-likeness (QED) is 0.436. The average Bonchev–Trinajstić information content (AvgIpc) is 2.42. The van der Waals surface area contributed by atoms with E-state index in [1.807, 2.05) is 7.05 Å². The molecule has 0 saturated carbocycles. The molecule has 0 unspecified atom stereocenters. The van der Waals surface area contributed by atoms with Crippen molar-refractivity contribution in [2.75, 3.05) is 7.05 Å². The summed E-state index contributed by atoms with van der Waals surface area (Å²) >= 11 is 0. The lowest BCUT2D eigenvalue weighted by Crippen LogP contribution is -1.95. The van der Waals surface area contributed by atoms with Crippen LogP contribution in [0.15, 0.2) is 40.9 Å². The van der Waals surface area contributed by atoms with Crippen molar-refractivity contribution < 1.29 is 0 Å². The summed E-state index contributed by atoms with van der Waals surface area (Å²) in [5.41, 5.74) is 5.39. The number of allylic oxidation sites excluding steroid dienone is 2. The van der Waals surface area contributed by atoms with Crippen molar-refractivity contribution in [1.29, 1.82) is 0 Å². The van der Waals surface area contributed by atoms with Gasteiger partial charge in [0.05, 0.1) is 0 Å². The topological polar surface area (TPSA) is 12.4 Å². The molecule has 0 heterocycles. The molecule has 0 atom stereocenters. The number of aryl methyl sites for hydroxylation is 2. The highest BCUT2D eigenvalue weighted by Gasteiger charge is 1.97. The average molecular weight is 271 g/mol. The Morgan fingerprint density at radius 2 is 1.65 bits per heavy atom. The second kappa shape index (κ2) is 9.52. The summed E-state index contributed by atoms with van der Waals surface area (Å²) in [5, 5.41) is 0. The molecule has 1 nitrogen and oxygen atoms in total. The summed E-state index contributed by atoms with van der Waals surface area (Å²) in [4.78, 5) is 4.34. The molecule has 0 N–H and O–H groups in total. The van der Waals surface area contributed by atoms with Crippen LogP contribution in [0.5, 0.6) is 0 Å². The van der Waals surface area contributed by atoms with Crippen LogP contribution >= 0.6 is 0 Å². The fourth-order valence-corrected chi connectivity index (χ4v) is 2.33. The first-order valence-corrected chi connectivity index (χ1v) is 7.78. The zero-order valence-electron chi connectivity index (χ0n) is 13.6. The summed E-state index contributed by atoms with van der Waals surface area (Å²) in [6.07, 6.45) is 9.71. The Morgan fingerprint density at radius 3 is 2.25 bits per heavy atom. The van der Waals surface area contributed by atoms with E-state index in [1.54, 1.807) is 0 Å². The smallest absolute Gasteiger partial charge is 0.0344 e. The van der Waals surface area contributed by atoms with Crippen LogP contribution in [-0.4, -0.2) is 12.8 Å². The van der Waals surface area contributed by atoms with Crippen molar-refractivity contribution in [2.24, 2.45) is 4.99 Å². The van der Waals surface area contributed by atoms with E-state index in [-0.39, 0.29) is 0 Å². The summed E-state index contributed by atoms with van der Waals surface area (Å²) in [6, 6.07) is 8.93. The van der Waals surface area contributed by atoms with Crippen LogP contribution in [0.4, 0.5) is 0 Å². The molecule has 0 aliphatic heterocycles. The Hall–Kier alpha value is -1.37. The number of unbranched alkanes of at least 4 members (excludes halogenated alkanes) is 3. The van der Waals surface area contributed by atoms with Gasteiger partial charge in [-0.3, -0.25) is 4.99 Å². The lowest BCUT2D eigenvalue weighted by Gasteiger charge is -2.04. The molecule has 0 aliphatic carbocycles. The maximum atomic E-state index is 4.34. The maximum absolute atomic E-state index is 4.34. The van der Waals surface area contributed by atoms with Gasteiger partial charge in [-0.1, -0.05) is 48.2 Å². The van der Waals surface area contributed by atoms with Crippen LogP contribution in [0, 0.1) is 6.92 Å². The summed E-state index contributed by atoms with van der Waals surface area (Å²) in [7, 11) is 1.90. The molecule has 0 radical (unpaired) electrons. The molecular weight excluding hydrogens is 242 g/mol. The van der Waals surface area contributed by atoms with Crippen LogP contribution < -0.4 is 0 Å². The highest BCUT2D eigenvalue weighted by molar-refractivity contribution is 5.95.